The summed E-state index contributed by atoms with van der Waals surface area (Å²) >= 11 is 0. The zero-order valence-electron chi connectivity index (χ0n) is 13.6. The van der Waals surface area contributed by atoms with Crippen LogP contribution in [0.25, 0.3) is 6.08 Å². The van der Waals surface area contributed by atoms with Gasteiger partial charge < -0.3 is 5.11 Å². The number of hydrogen-bond donors (Lipinski definition) is 1. The van der Waals surface area contributed by atoms with E-state index in [4.69, 9.17) is 5.11 Å². The van der Waals surface area contributed by atoms with Gasteiger partial charge in [0.1, 0.15) is 0 Å². The van der Waals surface area contributed by atoms with Crippen LogP contribution in [0.15, 0.2) is 85.0 Å². The van der Waals surface area contributed by atoms with Crippen LogP contribution in [0.3, 0.4) is 0 Å². The minimum Gasteiger partial charge on any atom is -0.481 e. The van der Waals surface area contributed by atoms with Crippen LogP contribution in [-0.4, -0.2) is 11.1 Å². The van der Waals surface area contributed by atoms with Crippen LogP contribution >= 0.6 is 0 Å². The first-order valence-electron chi connectivity index (χ1n) is 8.08. The number of hydrogen-bond acceptors (Lipinski definition) is 1. The second kappa shape index (κ2) is 10.0. The summed E-state index contributed by atoms with van der Waals surface area (Å²) in [7, 11) is 0. The zero-order chi connectivity index (χ0) is 17.0. The highest BCUT2D eigenvalue weighted by molar-refractivity contribution is 5.67. The molecule has 0 fully saturated rings. The van der Waals surface area contributed by atoms with E-state index >= 15 is 0 Å². The van der Waals surface area contributed by atoms with Crippen molar-refractivity contribution in [3.63, 3.8) is 0 Å². The maximum absolute atomic E-state index is 10.6. The van der Waals surface area contributed by atoms with Gasteiger partial charge in [0.25, 0.3) is 0 Å². The van der Waals surface area contributed by atoms with Crippen molar-refractivity contribution in [2.24, 2.45) is 0 Å². The lowest BCUT2D eigenvalue weighted by atomic mass is 10.0. The highest BCUT2D eigenvalue weighted by Gasteiger charge is 1.99. The van der Waals surface area contributed by atoms with Gasteiger partial charge in [-0.05, 0) is 29.5 Å². The number of carbonyl (C=O) groups is 1. The van der Waals surface area contributed by atoms with E-state index in [1.807, 2.05) is 54.6 Å². The molecule has 0 aliphatic heterocycles. The summed E-state index contributed by atoms with van der Waals surface area (Å²) < 4.78 is 0. The molecule has 1 N–H and O–H groups in total. The van der Waals surface area contributed by atoms with Crippen molar-refractivity contribution in [3.05, 3.63) is 102 Å². The second-order valence-electron chi connectivity index (χ2n) is 5.50. The van der Waals surface area contributed by atoms with Crippen molar-refractivity contribution < 1.29 is 9.90 Å². The molecule has 0 unspecified atom stereocenters. The third kappa shape index (κ3) is 6.93. The van der Waals surface area contributed by atoms with Gasteiger partial charge in [-0.2, -0.15) is 0 Å². The van der Waals surface area contributed by atoms with E-state index in [2.05, 4.69) is 36.4 Å². The number of carboxylic acids is 1. The van der Waals surface area contributed by atoms with E-state index < -0.39 is 5.97 Å². The van der Waals surface area contributed by atoms with E-state index in [0.29, 0.717) is 6.42 Å². The fraction of sp³-hybridized carbons (Fsp3) is 0.136. The lowest BCUT2D eigenvalue weighted by Gasteiger charge is -2.01. The minimum atomic E-state index is -0.756. The Balaban J connectivity index is 1.79. The number of allylic oxidation sites excluding steroid dienone is 5. The van der Waals surface area contributed by atoms with Crippen molar-refractivity contribution in [2.75, 3.05) is 0 Å². The van der Waals surface area contributed by atoms with Crippen LogP contribution < -0.4 is 0 Å². The summed E-state index contributed by atoms with van der Waals surface area (Å²) in [5.74, 6) is -0.756. The first kappa shape index (κ1) is 17.5. The summed E-state index contributed by atoms with van der Waals surface area (Å²) in [5.41, 5.74) is 3.45. The van der Waals surface area contributed by atoms with Gasteiger partial charge >= 0.3 is 5.97 Å². The van der Waals surface area contributed by atoms with Gasteiger partial charge in [-0.1, -0.05) is 91.1 Å². The molecule has 0 saturated heterocycles. The summed E-state index contributed by atoms with van der Waals surface area (Å²) in [6.07, 6.45) is 13.8. The molecule has 2 aromatic rings. The Bertz CT molecular complexity index is 725. The van der Waals surface area contributed by atoms with Crippen LogP contribution in [0.5, 0.6) is 0 Å². The topological polar surface area (TPSA) is 37.3 Å². The van der Waals surface area contributed by atoms with E-state index in [0.717, 1.165) is 12.0 Å². The monoisotopic (exact) mass is 318 g/mol. The van der Waals surface area contributed by atoms with Gasteiger partial charge in [0, 0.05) is 6.42 Å². The molecule has 0 spiro atoms. The molecule has 0 bridgehead atoms. The standard InChI is InChI=1S/C22H22O2/c23-22(24)17-16-21-15-9-14-20(18-21)13-6-3-1-2-5-10-19-11-7-4-8-12-19/h1-12,14-15,18H,13,16-17H2,(H,23,24)/b2-1+,6-3+,10-5+. The molecule has 0 amide bonds. The Labute approximate surface area is 143 Å². The molecule has 0 radical (unpaired) electrons. The Morgan fingerprint density at radius 3 is 2.42 bits per heavy atom. The molecule has 122 valence electrons. The SMILES string of the molecule is O=C(O)CCc1cccc(C/C=C/C=C/C=C/c2ccccc2)c1. The number of benzene rings is 2. The second-order valence-corrected chi connectivity index (χ2v) is 5.50. The molecule has 24 heavy (non-hydrogen) atoms. The van der Waals surface area contributed by atoms with Gasteiger partial charge in [-0.15, -0.1) is 0 Å². The van der Waals surface area contributed by atoms with Crippen LogP contribution in [0, 0.1) is 0 Å². The first-order chi connectivity index (χ1) is 11.7. The molecule has 0 aliphatic rings. The van der Waals surface area contributed by atoms with E-state index in [-0.39, 0.29) is 6.42 Å². The Morgan fingerprint density at radius 1 is 0.875 bits per heavy atom. The molecule has 0 aliphatic carbocycles. The molecule has 0 atom stereocenters. The Hall–Kier alpha value is -2.87. The summed E-state index contributed by atoms with van der Waals surface area (Å²) in [6, 6.07) is 18.3. The van der Waals surface area contributed by atoms with Crippen molar-refractivity contribution in [1.29, 1.82) is 0 Å². The summed E-state index contributed by atoms with van der Waals surface area (Å²) in [4.78, 5) is 10.6. The molecule has 0 saturated carbocycles. The van der Waals surface area contributed by atoms with Gasteiger partial charge in [0.05, 0.1) is 0 Å². The predicted octanol–water partition coefficient (Wildman–Crippen LogP) is 5.07. The minimum absolute atomic E-state index is 0.176. The summed E-state index contributed by atoms with van der Waals surface area (Å²) in [6.45, 7) is 0. The van der Waals surface area contributed by atoms with Crippen molar-refractivity contribution in [2.45, 2.75) is 19.3 Å². The maximum atomic E-state index is 10.6. The largest absolute Gasteiger partial charge is 0.481 e. The average Bonchev–Trinajstić information content (AvgIpc) is 2.60. The molecule has 2 heteroatoms. The zero-order valence-corrected chi connectivity index (χ0v) is 13.6. The third-order valence-electron chi connectivity index (χ3n) is 3.53. The van der Waals surface area contributed by atoms with Crippen molar-refractivity contribution >= 4 is 12.0 Å². The molecule has 2 rings (SSSR count). The van der Waals surface area contributed by atoms with Gasteiger partial charge in [-0.25, -0.2) is 0 Å². The number of rotatable bonds is 8. The number of aliphatic carboxylic acids is 1. The van der Waals surface area contributed by atoms with Crippen LogP contribution in [0.1, 0.15) is 23.1 Å². The fourth-order valence-corrected chi connectivity index (χ4v) is 2.31. The Morgan fingerprint density at radius 2 is 1.62 bits per heavy atom. The normalized spacial score (nSPS) is 11.7. The molecule has 0 aromatic heterocycles. The maximum Gasteiger partial charge on any atom is 0.303 e. The highest BCUT2D eigenvalue weighted by atomic mass is 16.4. The van der Waals surface area contributed by atoms with E-state index in [1.165, 1.54) is 11.1 Å². The number of aryl methyl sites for hydroxylation is 1. The Kier molecular flexibility index (Phi) is 7.29. The van der Waals surface area contributed by atoms with Gasteiger partial charge in [0.2, 0.25) is 0 Å². The van der Waals surface area contributed by atoms with Crippen LogP contribution in [0.4, 0.5) is 0 Å². The molecular weight excluding hydrogens is 296 g/mol. The quantitative estimate of drug-likeness (QED) is 0.690. The summed E-state index contributed by atoms with van der Waals surface area (Å²) in [5, 5.41) is 8.74. The third-order valence-corrected chi connectivity index (χ3v) is 3.53. The van der Waals surface area contributed by atoms with Gasteiger partial charge in [0.15, 0.2) is 0 Å². The van der Waals surface area contributed by atoms with Crippen LogP contribution in [0.2, 0.25) is 0 Å². The van der Waals surface area contributed by atoms with Crippen molar-refractivity contribution in [3.8, 4) is 0 Å². The van der Waals surface area contributed by atoms with E-state index in [9.17, 15) is 4.79 Å². The fourth-order valence-electron chi connectivity index (χ4n) is 2.31. The molecule has 0 heterocycles. The van der Waals surface area contributed by atoms with Crippen LogP contribution in [-0.2, 0) is 17.6 Å². The first-order valence-corrected chi connectivity index (χ1v) is 8.08. The number of carboxylic acid groups (broad SMARTS) is 1. The van der Waals surface area contributed by atoms with E-state index in [1.54, 1.807) is 0 Å². The lowest BCUT2D eigenvalue weighted by Crippen LogP contribution is -1.97. The highest BCUT2D eigenvalue weighted by Crippen LogP contribution is 2.09. The lowest BCUT2D eigenvalue weighted by molar-refractivity contribution is -0.136. The van der Waals surface area contributed by atoms with Crippen molar-refractivity contribution in [1.82, 2.24) is 0 Å². The molecule has 2 nitrogen and oxygen atoms in total. The predicted molar refractivity (Wildman–Crippen MR) is 99.9 cm³/mol. The average molecular weight is 318 g/mol. The smallest absolute Gasteiger partial charge is 0.303 e. The molecular formula is C22H22O2. The molecule has 2 aromatic carbocycles. The van der Waals surface area contributed by atoms with Gasteiger partial charge in [-0.3, -0.25) is 4.79 Å².